The molecular weight excluding hydrogens is 459 g/mol. The summed E-state index contributed by atoms with van der Waals surface area (Å²) in [7, 11) is 0. The molecule has 0 spiro atoms. The van der Waals surface area contributed by atoms with Gasteiger partial charge in [0.25, 0.3) is 0 Å². The Morgan fingerprint density at radius 2 is 1.67 bits per heavy atom. The summed E-state index contributed by atoms with van der Waals surface area (Å²) in [6.45, 7) is 4.18. The number of amides is 2. The Labute approximate surface area is 209 Å². The molecule has 2 N–H and O–H groups in total. The molecule has 1 aromatic heterocycles. The first-order chi connectivity index (χ1) is 17.4. The van der Waals surface area contributed by atoms with Crippen LogP contribution >= 0.6 is 0 Å². The molecule has 36 heavy (non-hydrogen) atoms. The molecule has 0 aliphatic carbocycles. The van der Waals surface area contributed by atoms with Gasteiger partial charge < -0.3 is 20.4 Å². The van der Waals surface area contributed by atoms with Gasteiger partial charge in [-0.05, 0) is 74.7 Å². The Hall–Kier alpha value is -4.01. The van der Waals surface area contributed by atoms with Crippen molar-refractivity contribution in [3.05, 3.63) is 66.1 Å². The number of carbonyl (C=O) groups excluding carboxylic acids is 2. The standard InChI is InChI=1S/C27H29FN6O2/c1-18-15-24(32-27(29-18)33-13-3-2-4-14-33)30-21-7-9-22(10-8-21)31-26(36)19-16-25(35)34(17-19)23-11-5-20(28)6-12-23/h5-12,15,19H,2-4,13-14,16-17H2,1H3,(H,31,36)(H,29,30,32). The van der Waals surface area contributed by atoms with Gasteiger partial charge in [-0.2, -0.15) is 4.98 Å². The molecule has 1 atom stereocenters. The lowest BCUT2D eigenvalue weighted by molar-refractivity contribution is -0.122. The molecule has 2 fully saturated rings. The van der Waals surface area contributed by atoms with Crippen LogP contribution in [0.5, 0.6) is 0 Å². The Morgan fingerprint density at radius 1 is 0.972 bits per heavy atom. The van der Waals surface area contributed by atoms with Gasteiger partial charge in [0.05, 0.1) is 5.92 Å². The average Bonchev–Trinajstić information content (AvgIpc) is 3.27. The van der Waals surface area contributed by atoms with Gasteiger partial charge in [-0.1, -0.05) is 0 Å². The maximum Gasteiger partial charge on any atom is 0.229 e. The van der Waals surface area contributed by atoms with E-state index in [1.807, 2.05) is 37.3 Å². The topological polar surface area (TPSA) is 90.5 Å². The van der Waals surface area contributed by atoms with E-state index in [1.54, 1.807) is 12.1 Å². The highest BCUT2D eigenvalue weighted by atomic mass is 19.1. The van der Waals surface area contributed by atoms with Gasteiger partial charge in [-0.15, -0.1) is 0 Å². The highest BCUT2D eigenvalue weighted by Gasteiger charge is 2.35. The monoisotopic (exact) mass is 488 g/mol. The van der Waals surface area contributed by atoms with Crippen molar-refractivity contribution >= 4 is 40.6 Å². The zero-order valence-corrected chi connectivity index (χ0v) is 20.2. The van der Waals surface area contributed by atoms with Crippen molar-refractivity contribution in [1.82, 2.24) is 9.97 Å². The van der Waals surface area contributed by atoms with Crippen molar-refractivity contribution < 1.29 is 14.0 Å². The number of rotatable bonds is 6. The zero-order chi connectivity index (χ0) is 25.1. The van der Waals surface area contributed by atoms with E-state index < -0.39 is 5.92 Å². The molecule has 0 saturated carbocycles. The van der Waals surface area contributed by atoms with E-state index in [0.29, 0.717) is 11.4 Å². The lowest BCUT2D eigenvalue weighted by atomic mass is 10.1. The summed E-state index contributed by atoms with van der Waals surface area (Å²) >= 11 is 0. The predicted molar refractivity (Wildman–Crippen MR) is 138 cm³/mol. The summed E-state index contributed by atoms with van der Waals surface area (Å²) in [4.78, 5) is 38.3. The fourth-order valence-corrected chi connectivity index (χ4v) is 4.64. The molecule has 2 aliphatic heterocycles. The van der Waals surface area contributed by atoms with Crippen molar-refractivity contribution in [3.8, 4) is 0 Å². The molecule has 5 rings (SSSR count). The number of hydrogen-bond acceptors (Lipinski definition) is 6. The maximum absolute atomic E-state index is 13.2. The van der Waals surface area contributed by atoms with Gasteiger partial charge in [-0.25, -0.2) is 9.37 Å². The van der Waals surface area contributed by atoms with E-state index in [4.69, 9.17) is 4.98 Å². The minimum absolute atomic E-state index is 0.120. The first-order valence-electron chi connectivity index (χ1n) is 12.3. The highest BCUT2D eigenvalue weighted by Crippen LogP contribution is 2.27. The third-order valence-corrected chi connectivity index (χ3v) is 6.54. The van der Waals surface area contributed by atoms with Crippen LogP contribution in [0.25, 0.3) is 0 Å². The third kappa shape index (κ3) is 5.45. The summed E-state index contributed by atoms with van der Waals surface area (Å²) in [5.41, 5.74) is 2.98. The summed E-state index contributed by atoms with van der Waals surface area (Å²) < 4.78 is 13.2. The van der Waals surface area contributed by atoms with E-state index in [0.717, 1.165) is 49.1 Å². The first kappa shape index (κ1) is 23.7. The van der Waals surface area contributed by atoms with Gasteiger partial charge in [0.2, 0.25) is 17.8 Å². The molecule has 9 heteroatoms. The van der Waals surface area contributed by atoms with Crippen molar-refractivity contribution in [3.63, 3.8) is 0 Å². The SMILES string of the molecule is Cc1cc(Nc2ccc(NC(=O)C3CC(=O)N(c4ccc(F)cc4)C3)cc2)nc(N2CCCCC2)n1. The number of aromatic nitrogens is 2. The second kappa shape index (κ2) is 10.3. The van der Waals surface area contributed by atoms with E-state index in [2.05, 4.69) is 20.5 Å². The first-order valence-corrected chi connectivity index (χ1v) is 12.3. The minimum atomic E-state index is -0.474. The van der Waals surface area contributed by atoms with E-state index in [-0.39, 0.29) is 30.6 Å². The van der Waals surface area contributed by atoms with Crippen LogP contribution in [0.1, 0.15) is 31.4 Å². The Bertz CT molecular complexity index is 1240. The summed E-state index contributed by atoms with van der Waals surface area (Å²) in [5, 5.41) is 6.23. The molecule has 2 amide bonds. The van der Waals surface area contributed by atoms with E-state index >= 15 is 0 Å². The number of aryl methyl sites for hydroxylation is 1. The van der Waals surface area contributed by atoms with Gasteiger partial charge in [0.15, 0.2) is 0 Å². The Kier molecular flexibility index (Phi) is 6.79. The molecule has 186 valence electrons. The lowest BCUT2D eigenvalue weighted by Gasteiger charge is -2.27. The van der Waals surface area contributed by atoms with Crippen LogP contribution < -0.4 is 20.4 Å². The normalized spacial score (nSPS) is 17.8. The molecule has 0 radical (unpaired) electrons. The van der Waals surface area contributed by atoms with Gasteiger partial charge in [-0.3, -0.25) is 9.59 Å². The lowest BCUT2D eigenvalue weighted by Crippen LogP contribution is -2.31. The highest BCUT2D eigenvalue weighted by molar-refractivity contribution is 6.03. The van der Waals surface area contributed by atoms with Crippen LogP contribution in [0.15, 0.2) is 54.6 Å². The number of halogens is 1. The zero-order valence-electron chi connectivity index (χ0n) is 20.2. The Morgan fingerprint density at radius 3 is 2.39 bits per heavy atom. The minimum Gasteiger partial charge on any atom is -0.341 e. The van der Waals surface area contributed by atoms with Crippen LogP contribution in [0.4, 0.5) is 33.2 Å². The molecule has 3 aromatic rings. The second-order valence-electron chi connectivity index (χ2n) is 9.32. The summed E-state index contributed by atoms with van der Waals surface area (Å²) in [6.07, 6.45) is 3.69. The van der Waals surface area contributed by atoms with E-state index in [9.17, 15) is 14.0 Å². The molecule has 2 saturated heterocycles. The number of benzene rings is 2. The summed E-state index contributed by atoms with van der Waals surface area (Å²) in [5.74, 6) is 0.274. The van der Waals surface area contributed by atoms with Crippen molar-refractivity contribution in [2.24, 2.45) is 5.92 Å². The van der Waals surface area contributed by atoms with Gasteiger partial charge in [0.1, 0.15) is 11.6 Å². The fraction of sp³-hybridized carbons (Fsp3) is 0.333. The maximum atomic E-state index is 13.2. The molecule has 2 aromatic carbocycles. The van der Waals surface area contributed by atoms with Gasteiger partial charge >= 0.3 is 0 Å². The summed E-state index contributed by atoms with van der Waals surface area (Å²) in [6, 6.07) is 15.0. The van der Waals surface area contributed by atoms with Crippen LogP contribution in [0.3, 0.4) is 0 Å². The fourth-order valence-electron chi connectivity index (χ4n) is 4.64. The number of anilines is 5. The predicted octanol–water partition coefficient (Wildman–Crippen LogP) is 4.65. The molecule has 8 nitrogen and oxygen atoms in total. The molecule has 0 bridgehead atoms. The van der Waals surface area contributed by atoms with Crippen LogP contribution in [-0.2, 0) is 9.59 Å². The number of nitrogens with zero attached hydrogens (tertiary/aromatic N) is 4. The third-order valence-electron chi connectivity index (χ3n) is 6.54. The van der Waals surface area contributed by atoms with Crippen LogP contribution in [0, 0.1) is 18.7 Å². The smallest absolute Gasteiger partial charge is 0.229 e. The van der Waals surface area contributed by atoms with Gasteiger partial charge in [0, 0.05) is 54.9 Å². The molecule has 1 unspecified atom stereocenters. The quantitative estimate of drug-likeness (QED) is 0.525. The number of carbonyl (C=O) groups is 2. The number of nitrogens with one attached hydrogen (secondary N) is 2. The molecule has 2 aliphatic rings. The van der Waals surface area contributed by atoms with E-state index in [1.165, 1.54) is 23.5 Å². The van der Waals surface area contributed by atoms with Crippen molar-refractivity contribution in [1.29, 1.82) is 0 Å². The van der Waals surface area contributed by atoms with Crippen LogP contribution in [0.2, 0.25) is 0 Å². The van der Waals surface area contributed by atoms with Crippen molar-refractivity contribution in [2.75, 3.05) is 40.1 Å². The van der Waals surface area contributed by atoms with Crippen LogP contribution in [-0.4, -0.2) is 41.4 Å². The largest absolute Gasteiger partial charge is 0.341 e. The van der Waals surface area contributed by atoms with Crippen molar-refractivity contribution in [2.45, 2.75) is 32.6 Å². The Balaban J connectivity index is 1.20. The molecule has 3 heterocycles. The second-order valence-corrected chi connectivity index (χ2v) is 9.32. The number of piperidine rings is 1. The molecular formula is C27H29FN6O2. The average molecular weight is 489 g/mol. The number of hydrogen-bond donors (Lipinski definition) is 2.